The standard InChI is InChI=1S/C21H23N7/c1-14-12-22-11-10-19(14)28-21(15(2)13-27-17(4)23-16(3)25-27)24-20(26-28)18-8-6-5-7-9-18/h5-12,15H,13H2,1-4H3/t15-/m0/s1. The lowest BCUT2D eigenvalue weighted by Gasteiger charge is -2.14. The lowest BCUT2D eigenvalue weighted by molar-refractivity contribution is 0.502. The highest BCUT2D eigenvalue weighted by atomic mass is 15.4. The van der Waals surface area contributed by atoms with E-state index in [1.54, 1.807) is 6.20 Å². The Morgan fingerprint density at radius 1 is 0.964 bits per heavy atom. The number of nitrogens with zero attached hydrogens (tertiary/aromatic N) is 7. The van der Waals surface area contributed by atoms with E-state index in [-0.39, 0.29) is 5.92 Å². The SMILES string of the molecule is Cc1nc(C)n(C[C@H](C)c2nc(-c3ccccc3)nn2-c2ccncc2C)n1. The Morgan fingerprint density at radius 3 is 2.43 bits per heavy atom. The number of hydrogen-bond donors (Lipinski definition) is 0. The van der Waals surface area contributed by atoms with Crippen LogP contribution in [0.15, 0.2) is 48.8 Å². The van der Waals surface area contributed by atoms with Crippen molar-refractivity contribution >= 4 is 0 Å². The molecule has 0 unspecified atom stereocenters. The predicted octanol–water partition coefficient (Wildman–Crippen LogP) is 3.65. The normalized spacial score (nSPS) is 12.3. The van der Waals surface area contributed by atoms with Crippen molar-refractivity contribution in [3.05, 3.63) is 71.8 Å². The summed E-state index contributed by atoms with van der Waals surface area (Å²) in [5, 5.41) is 9.33. The zero-order valence-corrected chi connectivity index (χ0v) is 16.5. The molecule has 0 aliphatic rings. The van der Waals surface area contributed by atoms with Gasteiger partial charge in [-0.15, -0.1) is 5.10 Å². The van der Waals surface area contributed by atoms with E-state index in [9.17, 15) is 0 Å². The van der Waals surface area contributed by atoms with Crippen molar-refractivity contribution in [2.24, 2.45) is 0 Å². The van der Waals surface area contributed by atoms with Crippen LogP contribution in [0.3, 0.4) is 0 Å². The van der Waals surface area contributed by atoms with E-state index in [1.165, 1.54) is 0 Å². The van der Waals surface area contributed by atoms with Crippen LogP contribution in [-0.4, -0.2) is 34.5 Å². The molecule has 0 radical (unpaired) electrons. The van der Waals surface area contributed by atoms with E-state index in [1.807, 2.05) is 72.7 Å². The largest absolute Gasteiger partial charge is 0.264 e. The first-order valence-electron chi connectivity index (χ1n) is 9.34. The van der Waals surface area contributed by atoms with Crippen LogP contribution in [0.5, 0.6) is 0 Å². The van der Waals surface area contributed by atoms with Crippen LogP contribution in [-0.2, 0) is 6.54 Å². The third kappa shape index (κ3) is 3.43. The fourth-order valence-electron chi connectivity index (χ4n) is 3.31. The van der Waals surface area contributed by atoms with Gasteiger partial charge in [0.1, 0.15) is 17.5 Å². The maximum absolute atomic E-state index is 4.90. The lowest BCUT2D eigenvalue weighted by atomic mass is 10.1. The van der Waals surface area contributed by atoms with Gasteiger partial charge in [-0.2, -0.15) is 5.10 Å². The number of benzene rings is 1. The summed E-state index contributed by atoms with van der Waals surface area (Å²) in [6.45, 7) is 8.74. The van der Waals surface area contributed by atoms with E-state index in [4.69, 9.17) is 10.1 Å². The molecule has 0 spiro atoms. The van der Waals surface area contributed by atoms with Gasteiger partial charge in [0.2, 0.25) is 0 Å². The molecule has 7 nitrogen and oxygen atoms in total. The monoisotopic (exact) mass is 373 g/mol. The molecule has 1 aromatic carbocycles. The number of rotatable bonds is 5. The fourth-order valence-corrected chi connectivity index (χ4v) is 3.31. The van der Waals surface area contributed by atoms with Crippen LogP contribution in [0, 0.1) is 20.8 Å². The van der Waals surface area contributed by atoms with Crippen molar-refractivity contribution in [1.82, 2.24) is 34.5 Å². The summed E-state index contributed by atoms with van der Waals surface area (Å²) in [6, 6.07) is 12.0. The number of pyridine rings is 1. The minimum absolute atomic E-state index is 0.0947. The van der Waals surface area contributed by atoms with Gasteiger partial charge in [0.25, 0.3) is 0 Å². The zero-order chi connectivity index (χ0) is 19.7. The van der Waals surface area contributed by atoms with Crippen molar-refractivity contribution in [3.8, 4) is 17.1 Å². The Labute approximate surface area is 164 Å². The van der Waals surface area contributed by atoms with E-state index in [0.29, 0.717) is 12.4 Å². The summed E-state index contributed by atoms with van der Waals surface area (Å²) in [5.41, 5.74) is 3.03. The number of aromatic nitrogens is 7. The second-order valence-electron chi connectivity index (χ2n) is 7.02. The molecular weight excluding hydrogens is 350 g/mol. The third-order valence-corrected chi connectivity index (χ3v) is 4.73. The van der Waals surface area contributed by atoms with Gasteiger partial charge < -0.3 is 0 Å². The molecule has 7 heteroatoms. The topological polar surface area (TPSA) is 74.3 Å². The first-order chi connectivity index (χ1) is 13.5. The molecule has 0 saturated heterocycles. The van der Waals surface area contributed by atoms with Gasteiger partial charge >= 0.3 is 0 Å². The first-order valence-corrected chi connectivity index (χ1v) is 9.34. The van der Waals surface area contributed by atoms with E-state index in [2.05, 4.69) is 22.0 Å². The highest BCUT2D eigenvalue weighted by molar-refractivity contribution is 5.55. The quantitative estimate of drug-likeness (QED) is 0.534. The van der Waals surface area contributed by atoms with Gasteiger partial charge in [-0.05, 0) is 32.4 Å². The van der Waals surface area contributed by atoms with Crippen LogP contribution in [0.4, 0.5) is 0 Å². The van der Waals surface area contributed by atoms with Crippen LogP contribution in [0.1, 0.15) is 35.9 Å². The fraction of sp³-hybridized carbons (Fsp3) is 0.286. The molecule has 0 bridgehead atoms. The molecule has 0 fully saturated rings. The highest BCUT2D eigenvalue weighted by Crippen LogP contribution is 2.25. The maximum atomic E-state index is 4.90. The molecule has 1 atom stereocenters. The minimum Gasteiger partial charge on any atom is -0.264 e. The molecule has 3 aromatic heterocycles. The van der Waals surface area contributed by atoms with E-state index < -0.39 is 0 Å². The van der Waals surface area contributed by atoms with Gasteiger partial charge in [0.15, 0.2) is 5.82 Å². The molecular formula is C21H23N7. The van der Waals surface area contributed by atoms with Crippen molar-refractivity contribution < 1.29 is 0 Å². The molecule has 0 aliphatic carbocycles. The summed E-state index contributed by atoms with van der Waals surface area (Å²) < 4.78 is 3.86. The van der Waals surface area contributed by atoms with Crippen LogP contribution in [0.2, 0.25) is 0 Å². The van der Waals surface area contributed by atoms with Gasteiger partial charge in [0, 0.05) is 23.9 Å². The summed E-state index contributed by atoms with van der Waals surface area (Å²) >= 11 is 0. The van der Waals surface area contributed by atoms with Crippen molar-refractivity contribution in [1.29, 1.82) is 0 Å². The van der Waals surface area contributed by atoms with E-state index in [0.717, 1.165) is 34.3 Å². The average Bonchev–Trinajstić information content (AvgIpc) is 3.26. The molecule has 0 amide bonds. The number of hydrogen-bond acceptors (Lipinski definition) is 5. The predicted molar refractivity (Wildman–Crippen MR) is 107 cm³/mol. The van der Waals surface area contributed by atoms with Gasteiger partial charge in [-0.25, -0.2) is 19.3 Å². The maximum Gasteiger partial charge on any atom is 0.181 e. The van der Waals surface area contributed by atoms with Crippen LogP contribution < -0.4 is 0 Å². The van der Waals surface area contributed by atoms with Crippen LogP contribution in [0.25, 0.3) is 17.1 Å². The highest BCUT2D eigenvalue weighted by Gasteiger charge is 2.21. The van der Waals surface area contributed by atoms with Crippen molar-refractivity contribution in [2.75, 3.05) is 0 Å². The second-order valence-corrected chi connectivity index (χ2v) is 7.02. The molecule has 0 N–H and O–H groups in total. The molecule has 28 heavy (non-hydrogen) atoms. The first kappa shape index (κ1) is 18.0. The number of aryl methyl sites for hydroxylation is 3. The van der Waals surface area contributed by atoms with Crippen molar-refractivity contribution in [3.63, 3.8) is 0 Å². The Kier molecular flexibility index (Phi) is 4.73. The van der Waals surface area contributed by atoms with Gasteiger partial charge in [-0.3, -0.25) is 4.98 Å². The van der Waals surface area contributed by atoms with Crippen LogP contribution >= 0.6 is 0 Å². The van der Waals surface area contributed by atoms with E-state index >= 15 is 0 Å². The molecule has 142 valence electrons. The van der Waals surface area contributed by atoms with Crippen molar-refractivity contribution in [2.45, 2.75) is 40.2 Å². The molecule has 3 heterocycles. The minimum atomic E-state index is 0.0947. The molecule has 0 aliphatic heterocycles. The second kappa shape index (κ2) is 7.34. The lowest BCUT2D eigenvalue weighted by Crippen LogP contribution is -2.15. The Balaban J connectivity index is 1.79. The summed E-state index contributed by atoms with van der Waals surface area (Å²) in [4.78, 5) is 13.5. The van der Waals surface area contributed by atoms with Gasteiger partial charge in [-0.1, -0.05) is 37.3 Å². The Hall–Kier alpha value is -3.35. The average molecular weight is 373 g/mol. The molecule has 0 saturated carbocycles. The zero-order valence-electron chi connectivity index (χ0n) is 16.5. The summed E-state index contributed by atoms with van der Waals surface area (Å²) in [5.74, 6) is 3.38. The summed E-state index contributed by atoms with van der Waals surface area (Å²) in [7, 11) is 0. The molecule has 4 aromatic rings. The Morgan fingerprint density at radius 2 is 1.75 bits per heavy atom. The third-order valence-electron chi connectivity index (χ3n) is 4.73. The molecule has 4 rings (SSSR count). The Bertz CT molecular complexity index is 1100. The van der Waals surface area contributed by atoms with Gasteiger partial charge in [0.05, 0.1) is 12.2 Å². The smallest absolute Gasteiger partial charge is 0.181 e. The summed E-state index contributed by atoms with van der Waals surface area (Å²) in [6.07, 6.45) is 3.63.